The van der Waals surface area contributed by atoms with Gasteiger partial charge in [0.05, 0.1) is 11.5 Å². The molecule has 1 fully saturated rings. The summed E-state index contributed by atoms with van der Waals surface area (Å²) in [5.74, 6) is -1.56. The lowest BCUT2D eigenvalue weighted by atomic mass is 9.96. The number of alkyl halides is 3. The molecule has 2 rings (SSSR count). The van der Waals surface area contributed by atoms with Crippen LogP contribution in [0.1, 0.15) is 23.2 Å². The van der Waals surface area contributed by atoms with E-state index in [1.165, 1.54) is 11.1 Å². The van der Waals surface area contributed by atoms with Crippen LogP contribution in [0.15, 0.2) is 22.9 Å². The van der Waals surface area contributed by atoms with Crippen molar-refractivity contribution < 1.29 is 18.0 Å². The van der Waals surface area contributed by atoms with Crippen molar-refractivity contribution in [3.63, 3.8) is 0 Å². The normalized spacial score (nSPS) is 17.6. The zero-order valence-electron chi connectivity index (χ0n) is 9.95. The maximum Gasteiger partial charge on any atom is 0.391 e. The molecule has 104 valence electrons. The Labute approximate surface area is 116 Å². The average molecular weight is 337 g/mol. The summed E-state index contributed by atoms with van der Waals surface area (Å²) in [6.45, 7) is 0.269. The first kappa shape index (κ1) is 14.3. The van der Waals surface area contributed by atoms with Gasteiger partial charge in [0.25, 0.3) is 5.91 Å². The molecule has 1 aliphatic rings. The summed E-state index contributed by atoms with van der Waals surface area (Å²) in [4.78, 5) is 17.4. The number of rotatable bonds is 1. The number of carbonyl (C=O) groups excluding carboxylic acids is 1. The number of hydrogen-bond acceptors (Lipinski definition) is 2. The third-order valence-corrected chi connectivity index (χ3v) is 3.63. The minimum absolute atomic E-state index is 0.0311. The van der Waals surface area contributed by atoms with Gasteiger partial charge in [-0.2, -0.15) is 13.2 Å². The number of carbonyl (C=O) groups is 1. The van der Waals surface area contributed by atoms with E-state index in [1.807, 2.05) is 0 Å². The standard InChI is InChI=1S/C12H12BrF3N2O/c13-10-5-8(6-17-7-10)11(19)18-3-1-9(2-4-18)12(14,15)16/h5-7,9H,1-4H2. The average Bonchev–Trinajstić information content (AvgIpc) is 2.37. The minimum atomic E-state index is -4.16. The van der Waals surface area contributed by atoms with Crippen LogP contribution < -0.4 is 0 Å². The Hall–Kier alpha value is -1.11. The Kier molecular flexibility index (Phi) is 4.13. The number of likely N-dealkylation sites (tertiary alicyclic amines) is 1. The minimum Gasteiger partial charge on any atom is -0.339 e. The van der Waals surface area contributed by atoms with E-state index < -0.39 is 12.1 Å². The lowest BCUT2D eigenvalue weighted by molar-refractivity contribution is -0.183. The van der Waals surface area contributed by atoms with Crippen LogP contribution in [0.5, 0.6) is 0 Å². The summed E-state index contributed by atoms with van der Waals surface area (Å²) >= 11 is 3.21. The molecule has 1 aliphatic heterocycles. The summed E-state index contributed by atoms with van der Waals surface area (Å²) in [6.07, 6.45) is -1.25. The zero-order chi connectivity index (χ0) is 14.0. The Balaban J connectivity index is 2.00. The van der Waals surface area contributed by atoms with Crippen LogP contribution in [0.2, 0.25) is 0 Å². The van der Waals surface area contributed by atoms with Crippen molar-refractivity contribution in [3.8, 4) is 0 Å². The molecule has 1 amide bonds. The molecule has 0 radical (unpaired) electrons. The van der Waals surface area contributed by atoms with E-state index in [0.29, 0.717) is 10.0 Å². The lowest BCUT2D eigenvalue weighted by Gasteiger charge is -2.32. The topological polar surface area (TPSA) is 33.2 Å². The summed E-state index contributed by atoms with van der Waals surface area (Å²) in [5, 5.41) is 0. The first-order valence-electron chi connectivity index (χ1n) is 5.84. The number of aromatic nitrogens is 1. The molecule has 0 atom stereocenters. The molecule has 2 heterocycles. The molecular weight excluding hydrogens is 325 g/mol. The highest BCUT2D eigenvalue weighted by Crippen LogP contribution is 2.34. The van der Waals surface area contributed by atoms with Crippen molar-refractivity contribution in [3.05, 3.63) is 28.5 Å². The maximum atomic E-state index is 12.5. The monoisotopic (exact) mass is 336 g/mol. The number of pyridine rings is 1. The van der Waals surface area contributed by atoms with Gasteiger partial charge < -0.3 is 4.90 Å². The highest BCUT2D eigenvalue weighted by molar-refractivity contribution is 9.10. The number of hydrogen-bond donors (Lipinski definition) is 0. The molecule has 0 unspecified atom stereocenters. The Morgan fingerprint density at radius 2 is 1.95 bits per heavy atom. The molecule has 0 aliphatic carbocycles. The third kappa shape index (κ3) is 3.46. The van der Waals surface area contributed by atoms with Crippen LogP contribution in [0.3, 0.4) is 0 Å². The number of amides is 1. The van der Waals surface area contributed by atoms with Crippen LogP contribution in [-0.2, 0) is 0 Å². The SMILES string of the molecule is O=C(c1cncc(Br)c1)N1CCC(C(F)(F)F)CC1. The quantitative estimate of drug-likeness (QED) is 0.788. The Morgan fingerprint density at radius 3 is 2.47 bits per heavy atom. The third-order valence-electron chi connectivity index (χ3n) is 3.20. The molecular formula is C12H12BrF3N2O. The highest BCUT2D eigenvalue weighted by Gasteiger charge is 2.41. The van der Waals surface area contributed by atoms with Gasteiger partial charge in [-0.3, -0.25) is 9.78 Å². The van der Waals surface area contributed by atoms with Crippen LogP contribution in [-0.4, -0.2) is 35.1 Å². The lowest BCUT2D eigenvalue weighted by Crippen LogP contribution is -2.42. The molecule has 1 aromatic heterocycles. The largest absolute Gasteiger partial charge is 0.391 e. The van der Waals surface area contributed by atoms with E-state index in [0.717, 1.165) is 0 Å². The number of piperidine rings is 1. The van der Waals surface area contributed by atoms with Gasteiger partial charge in [-0.25, -0.2) is 0 Å². The summed E-state index contributed by atoms with van der Waals surface area (Å²) in [6, 6.07) is 1.62. The van der Waals surface area contributed by atoms with Gasteiger partial charge in [0.1, 0.15) is 0 Å². The van der Waals surface area contributed by atoms with E-state index >= 15 is 0 Å². The van der Waals surface area contributed by atoms with E-state index in [1.54, 1.807) is 12.3 Å². The van der Waals surface area contributed by atoms with E-state index in [-0.39, 0.29) is 31.8 Å². The van der Waals surface area contributed by atoms with Crippen LogP contribution in [0.4, 0.5) is 13.2 Å². The van der Waals surface area contributed by atoms with Crippen LogP contribution in [0, 0.1) is 5.92 Å². The number of halogens is 4. The fourth-order valence-electron chi connectivity index (χ4n) is 2.12. The van der Waals surface area contributed by atoms with Gasteiger partial charge in [0.15, 0.2) is 0 Å². The van der Waals surface area contributed by atoms with Gasteiger partial charge in [-0.1, -0.05) is 0 Å². The highest BCUT2D eigenvalue weighted by atomic mass is 79.9. The second-order valence-corrected chi connectivity index (χ2v) is 5.42. The second kappa shape index (κ2) is 5.48. The molecule has 1 saturated heterocycles. The summed E-state index contributed by atoms with van der Waals surface area (Å²) in [5.41, 5.74) is 0.389. The first-order valence-corrected chi connectivity index (χ1v) is 6.64. The molecule has 1 aromatic rings. The second-order valence-electron chi connectivity index (χ2n) is 4.50. The summed E-state index contributed by atoms with van der Waals surface area (Å²) in [7, 11) is 0. The predicted octanol–water partition coefficient (Wildman–Crippen LogP) is 3.26. The van der Waals surface area contributed by atoms with Gasteiger partial charge in [-0.15, -0.1) is 0 Å². The van der Waals surface area contributed by atoms with Crippen molar-refractivity contribution in [2.75, 3.05) is 13.1 Å². The van der Waals surface area contributed by atoms with E-state index in [4.69, 9.17) is 0 Å². The molecule has 0 spiro atoms. The van der Waals surface area contributed by atoms with Crippen LogP contribution >= 0.6 is 15.9 Å². The fraction of sp³-hybridized carbons (Fsp3) is 0.500. The van der Waals surface area contributed by atoms with Gasteiger partial charge >= 0.3 is 6.18 Å². The van der Waals surface area contributed by atoms with Gasteiger partial charge in [0.2, 0.25) is 0 Å². The molecule has 0 aromatic carbocycles. The van der Waals surface area contributed by atoms with E-state index in [9.17, 15) is 18.0 Å². The maximum absolute atomic E-state index is 12.5. The molecule has 0 saturated carbocycles. The molecule has 19 heavy (non-hydrogen) atoms. The molecule has 7 heteroatoms. The van der Waals surface area contributed by atoms with Crippen molar-refractivity contribution in [2.45, 2.75) is 19.0 Å². The smallest absolute Gasteiger partial charge is 0.339 e. The van der Waals surface area contributed by atoms with Crippen LogP contribution in [0.25, 0.3) is 0 Å². The summed E-state index contributed by atoms with van der Waals surface area (Å²) < 4.78 is 38.2. The Morgan fingerprint density at radius 1 is 1.32 bits per heavy atom. The molecule has 3 nitrogen and oxygen atoms in total. The van der Waals surface area contributed by atoms with Crippen molar-refractivity contribution in [1.29, 1.82) is 0 Å². The van der Waals surface area contributed by atoms with Crippen molar-refractivity contribution >= 4 is 21.8 Å². The van der Waals surface area contributed by atoms with Gasteiger partial charge in [-0.05, 0) is 34.8 Å². The number of nitrogens with zero attached hydrogens (tertiary/aromatic N) is 2. The first-order chi connectivity index (χ1) is 8.88. The fourth-order valence-corrected chi connectivity index (χ4v) is 2.49. The molecule has 0 bridgehead atoms. The molecule has 0 N–H and O–H groups in total. The van der Waals surface area contributed by atoms with Crippen molar-refractivity contribution in [2.24, 2.45) is 5.92 Å². The zero-order valence-corrected chi connectivity index (χ0v) is 11.5. The Bertz CT molecular complexity index is 470. The van der Waals surface area contributed by atoms with E-state index in [2.05, 4.69) is 20.9 Å². The van der Waals surface area contributed by atoms with Gasteiger partial charge in [0, 0.05) is 30.0 Å². The van der Waals surface area contributed by atoms with Crippen molar-refractivity contribution in [1.82, 2.24) is 9.88 Å². The predicted molar refractivity (Wildman–Crippen MR) is 66.6 cm³/mol.